The first-order valence-corrected chi connectivity index (χ1v) is 5.94. The van der Waals surface area contributed by atoms with Crippen LogP contribution in [-0.2, 0) is 34.2 Å². The predicted molar refractivity (Wildman–Crippen MR) is 61.9 cm³/mol. The fourth-order valence-electron chi connectivity index (χ4n) is 1.88. The number of aromatic nitrogens is 2. The zero-order chi connectivity index (χ0) is 12.3. The molecule has 94 valence electrons. The van der Waals surface area contributed by atoms with Crippen molar-refractivity contribution in [3.63, 3.8) is 0 Å². The fourth-order valence-corrected chi connectivity index (χ4v) is 1.88. The summed E-state index contributed by atoms with van der Waals surface area (Å²) in [5, 5.41) is 4.32. The minimum atomic E-state index is -0.413. The van der Waals surface area contributed by atoms with Gasteiger partial charge in [-0.1, -0.05) is 6.92 Å². The highest BCUT2D eigenvalue weighted by molar-refractivity contribution is 5.85. The quantitative estimate of drug-likeness (QED) is 0.767. The number of carbonyl (C=O) groups is 1. The van der Waals surface area contributed by atoms with Gasteiger partial charge in [-0.05, 0) is 12.5 Å². The third-order valence-electron chi connectivity index (χ3n) is 2.92. The maximum absolute atomic E-state index is 12.0. The van der Waals surface area contributed by atoms with Crippen LogP contribution < -0.4 is 0 Å². The Morgan fingerprint density at radius 1 is 1.59 bits per heavy atom. The minimum Gasteiger partial charge on any atom is -0.376 e. The van der Waals surface area contributed by atoms with Crippen LogP contribution in [0.1, 0.15) is 18.3 Å². The first-order valence-electron chi connectivity index (χ1n) is 5.94. The van der Waals surface area contributed by atoms with E-state index in [2.05, 4.69) is 5.10 Å². The van der Waals surface area contributed by atoms with Gasteiger partial charge in [-0.15, -0.1) is 0 Å². The number of hydrogen-bond donors (Lipinski definition) is 0. The third kappa shape index (κ3) is 2.92. The lowest BCUT2D eigenvalue weighted by molar-refractivity contribution is -0.144. The summed E-state index contributed by atoms with van der Waals surface area (Å²) in [6.07, 6.45) is 0.825. The van der Waals surface area contributed by atoms with Crippen molar-refractivity contribution in [2.75, 3.05) is 19.8 Å². The molecule has 17 heavy (non-hydrogen) atoms. The van der Waals surface area contributed by atoms with Crippen molar-refractivity contribution in [1.82, 2.24) is 9.78 Å². The minimum absolute atomic E-state index is 0.0651. The first kappa shape index (κ1) is 12.3. The van der Waals surface area contributed by atoms with Gasteiger partial charge in [0.05, 0.1) is 31.9 Å². The highest BCUT2D eigenvalue weighted by Crippen LogP contribution is 2.09. The lowest BCUT2D eigenvalue weighted by Gasteiger charge is -2.21. The summed E-state index contributed by atoms with van der Waals surface area (Å²) in [5.74, 6) is 0.0651. The molecule has 0 N–H and O–H groups in total. The van der Waals surface area contributed by atoms with Crippen LogP contribution in [0.3, 0.4) is 0 Å². The van der Waals surface area contributed by atoms with Gasteiger partial charge in [0.15, 0.2) is 5.78 Å². The van der Waals surface area contributed by atoms with Crippen LogP contribution in [0.4, 0.5) is 0 Å². The number of aryl methyl sites for hydroxylation is 2. The molecule has 2 rings (SSSR count). The van der Waals surface area contributed by atoms with E-state index in [1.165, 1.54) is 0 Å². The number of nitrogens with zero attached hydrogens (tertiary/aromatic N) is 2. The van der Waals surface area contributed by atoms with E-state index in [4.69, 9.17) is 9.47 Å². The normalized spacial score (nSPS) is 20.5. The average molecular weight is 238 g/mol. The second-order valence-corrected chi connectivity index (χ2v) is 4.18. The van der Waals surface area contributed by atoms with Crippen molar-refractivity contribution >= 4 is 5.78 Å². The molecule has 0 aliphatic carbocycles. The Hall–Kier alpha value is -1.20. The van der Waals surface area contributed by atoms with Gasteiger partial charge in [-0.25, -0.2) is 0 Å². The maximum atomic E-state index is 12.0. The standard InChI is InChI=1S/C12H18N2O3/c1-3-9-6-10(14(2)13-9)7-11(15)12-8-16-4-5-17-12/h6,12H,3-5,7-8H2,1-2H3. The summed E-state index contributed by atoms with van der Waals surface area (Å²) < 4.78 is 12.4. The molecule has 2 heterocycles. The molecule has 5 nitrogen and oxygen atoms in total. The van der Waals surface area contributed by atoms with Crippen LogP contribution in [0, 0.1) is 0 Å². The summed E-state index contributed by atoms with van der Waals surface area (Å²) in [7, 11) is 1.86. The van der Waals surface area contributed by atoms with Gasteiger partial charge in [0.1, 0.15) is 6.10 Å². The lowest BCUT2D eigenvalue weighted by Crippen LogP contribution is -2.36. The van der Waals surface area contributed by atoms with Gasteiger partial charge < -0.3 is 9.47 Å². The molecular formula is C12H18N2O3. The Morgan fingerprint density at radius 3 is 3.00 bits per heavy atom. The molecule has 0 radical (unpaired) electrons. The van der Waals surface area contributed by atoms with Crippen molar-refractivity contribution in [2.24, 2.45) is 7.05 Å². The molecule has 0 amide bonds. The summed E-state index contributed by atoms with van der Waals surface area (Å²) in [6.45, 7) is 3.50. The van der Waals surface area contributed by atoms with Gasteiger partial charge in [-0.3, -0.25) is 9.48 Å². The van der Waals surface area contributed by atoms with E-state index in [1.807, 2.05) is 20.0 Å². The van der Waals surface area contributed by atoms with Gasteiger partial charge in [0, 0.05) is 12.7 Å². The Balaban J connectivity index is 1.99. The fraction of sp³-hybridized carbons (Fsp3) is 0.667. The lowest BCUT2D eigenvalue weighted by atomic mass is 10.1. The van der Waals surface area contributed by atoms with Crippen molar-refractivity contribution in [2.45, 2.75) is 25.9 Å². The summed E-state index contributed by atoms with van der Waals surface area (Å²) in [4.78, 5) is 12.0. The molecule has 1 aromatic rings. The van der Waals surface area contributed by atoms with Gasteiger partial charge in [0.25, 0.3) is 0 Å². The van der Waals surface area contributed by atoms with Crippen LogP contribution in [0.25, 0.3) is 0 Å². The van der Waals surface area contributed by atoms with Crippen molar-refractivity contribution in [1.29, 1.82) is 0 Å². The molecule has 0 aromatic carbocycles. The van der Waals surface area contributed by atoms with E-state index in [1.54, 1.807) is 4.68 Å². The molecule has 0 spiro atoms. The Kier molecular flexibility index (Phi) is 3.91. The molecule has 5 heteroatoms. The Bertz CT molecular complexity index is 394. The van der Waals surface area contributed by atoms with Crippen molar-refractivity contribution in [3.8, 4) is 0 Å². The smallest absolute Gasteiger partial charge is 0.169 e. The van der Waals surface area contributed by atoms with Crippen LogP contribution in [-0.4, -0.2) is 41.5 Å². The van der Waals surface area contributed by atoms with Crippen molar-refractivity contribution < 1.29 is 14.3 Å². The van der Waals surface area contributed by atoms with E-state index in [-0.39, 0.29) is 5.78 Å². The number of rotatable bonds is 4. The van der Waals surface area contributed by atoms with Crippen LogP contribution in [0.2, 0.25) is 0 Å². The number of carbonyl (C=O) groups excluding carboxylic acids is 1. The number of Topliss-reactive ketones (excluding diaryl/α,β-unsaturated/α-hetero) is 1. The second-order valence-electron chi connectivity index (χ2n) is 4.18. The predicted octanol–water partition coefficient (Wildman–Crippen LogP) is 0.509. The highest BCUT2D eigenvalue weighted by atomic mass is 16.6. The summed E-state index contributed by atoms with van der Waals surface area (Å²) >= 11 is 0. The second kappa shape index (κ2) is 5.42. The molecule has 1 aliphatic rings. The molecule has 1 fully saturated rings. The monoisotopic (exact) mass is 238 g/mol. The van der Waals surface area contributed by atoms with Gasteiger partial charge in [0.2, 0.25) is 0 Å². The van der Waals surface area contributed by atoms with Crippen molar-refractivity contribution in [3.05, 3.63) is 17.5 Å². The van der Waals surface area contributed by atoms with Crippen LogP contribution >= 0.6 is 0 Å². The topological polar surface area (TPSA) is 53.4 Å². The third-order valence-corrected chi connectivity index (χ3v) is 2.92. The van der Waals surface area contributed by atoms with E-state index in [9.17, 15) is 4.79 Å². The van der Waals surface area contributed by atoms with Crippen LogP contribution in [0.5, 0.6) is 0 Å². The molecule has 1 atom stereocenters. The average Bonchev–Trinajstić information content (AvgIpc) is 2.71. The molecular weight excluding hydrogens is 220 g/mol. The molecule has 1 saturated heterocycles. The molecule has 1 aliphatic heterocycles. The number of ether oxygens (including phenoxy) is 2. The number of ketones is 1. The van der Waals surface area contributed by atoms with E-state index < -0.39 is 6.10 Å². The molecule has 0 bridgehead atoms. The zero-order valence-electron chi connectivity index (χ0n) is 10.3. The molecule has 1 unspecified atom stereocenters. The molecule has 1 aromatic heterocycles. The highest BCUT2D eigenvalue weighted by Gasteiger charge is 2.23. The summed E-state index contributed by atoms with van der Waals surface area (Å²) in [6, 6.07) is 1.97. The van der Waals surface area contributed by atoms with E-state index in [0.717, 1.165) is 17.8 Å². The SMILES string of the molecule is CCc1cc(CC(=O)C2COCCO2)n(C)n1. The Morgan fingerprint density at radius 2 is 2.41 bits per heavy atom. The molecule has 0 saturated carbocycles. The van der Waals surface area contributed by atoms with Gasteiger partial charge in [-0.2, -0.15) is 5.10 Å². The number of hydrogen-bond acceptors (Lipinski definition) is 4. The zero-order valence-corrected chi connectivity index (χ0v) is 10.3. The van der Waals surface area contributed by atoms with Crippen LogP contribution in [0.15, 0.2) is 6.07 Å². The summed E-state index contributed by atoms with van der Waals surface area (Å²) in [5.41, 5.74) is 1.94. The largest absolute Gasteiger partial charge is 0.376 e. The van der Waals surface area contributed by atoms with Gasteiger partial charge >= 0.3 is 0 Å². The first-order chi connectivity index (χ1) is 8.20. The Labute approximate surface area is 101 Å². The van der Waals surface area contributed by atoms with E-state index >= 15 is 0 Å². The maximum Gasteiger partial charge on any atom is 0.169 e. The van der Waals surface area contributed by atoms with E-state index in [0.29, 0.717) is 26.2 Å².